The molecule has 0 spiro atoms. The Hall–Kier alpha value is -2.66. The maximum atomic E-state index is 13.1. The molecule has 22 heavy (non-hydrogen) atoms. The lowest BCUT2D eigenvalue weighted by Crippen LogP contribution is -2.11. The molecular formula is C16H11ClFN3O. The fraction of sp³-hybridized carbons (Fsp3) is 0. The standard InChI is InChI=1S/C16H11ClFN3O/c17-12-4-6-15(7-5-12)21-10-11(9-19-21)16(22)20-14-3-1-2-13(18)8-14/h1-10H,(H,20,22). The number of hydrogen-bond donors (Lipinski definition) is 1. The molecule has 0 aliphatic rings. The van der Waals surface area contributed by atoms with Crippen LogP contribution in [0.5, 0.6) is 0 Å². The van der Waals surface area contributed by atoms with Gasteiger partial charge in [0.15, 0.2) is 0 Å². The van der Waals surface area contributed by atoms with Crippen LogP contribution in [-0.4, -0.2) is 15.7 Å². The highest BCUT2D eigenvalue weighted by Gasteiger charge is 2.10. The van der Waals surface area contributed by atoms with Gasteiger partial charge in [-0.1, -0.05) is 17.7 Å². The van der Waals surface area contributed by atoms with E-state index in [4.69, 9.17) is 11.6 Å². The van der Waals surface area contributed by atoms with Crippen molar-refractivity contribution in [1.82, 2.24) is 9.78 Å². The van der Waals surface area contributed by atoms with E-state index >= 15 is 0 Å². The van der Waals surface area contributed by atoms with E-state index in [9.17, 15) is 9.18 Å². The maximum Gasteiger partial charge on any atom is 0.258 e. The molecule has 0 saturated carbocycles. The average Bonchev–Trinajstić information content (AvgIpc) is 2.98. The van der Waals surface area contributed by atoms with Crippen LogP contribution in [0.3, 0.4) is 0 Å². The summed E-state index contributed by atoms with van der Waals surface area (Å²) in [5, 5.41) is 7.38. The van der Waals surface area contributed by atoms with Crippen molar-refractivity contribution in [1.29, 1.82) is 0 Å². The van der Waals surface area contributed by atoms with E-state index in [1.165, 1.54) is 24.4 Å². The first-order chi connectivity index (χ1) is 10.6. The van der Waals surface area contributed by atoms with Gasteiger partial charge < -0.3 is 5.32 Å². The van der Waals surface area contributed by atoms with Gasteiger partial charge in [-0.05, 0) is 42.5 Å². The number of aromatic nitrogens is 2. The number of amides is 1. The molecule has 0 fully saturated rings. The van der Waals surface area contributed by atoms with E-state index < -0.39 is 5.82 Å². The fourth-order valence-electron chi connectivity index (χ4n) is 1.94. The molecule has 3 aromatic rings. The van der Waals surface area contributed by atoms with Crippen LogP contribution in [0.4, 0.5) is 10.1 Å². The molecule has 1 N–H and O–H groups in total. The van der Waals surface area contributed by atoms with Crippen LogP contribution in [0, 0.1) is 5.82 Å². The third kappa shape index (κ3) is 3.15. The number of hydrogen-bond acceptors (Lipinski definition) is 2. The molecule has 3 rings (SSSR count). The molecule has 1 heterocycles. The summed E-state index contributed by atoms with van der Waals surface area (Å²) in [5.74, 6) is -0.763. The SMILES string of the molecule is O=C(Nc1cccc(F)c1)c1cnn(-c2ccc(Cl)cc2)c1. The molecule has 1 amide bonds. The number of rotatable bonds is 3. The van der Waals surface area contributed by atoms with Crippen molar-refractivity contribution in [2.75, 3.05) is 5.32 Å². The number of benzene rings is 2. The van der Waals surface area contributed by atoms with Crippen molar-refractivity contribution in [3.63, 3.8) is 0 Å². The minimum absolute atomic E-state index is 0.356. The zero-order chi connectivity index (χ0) is 15.5. The topological polar surface area (TPSA) is 46.9 Å². The Balaban J connectivity index is 1.78. The first-order valence-corrected chi connectivity index (χ1v) is 6.87. The van der Waals surface area contributed by atoms with Crippen molar-refractivity contribution >= 4 is 23.2 Å². The summed E-state index contributed by atoms with van der Waals surface area (Å²) in [6.07, 6.45) is 3.04. The van der Waals surface area contributed by atoms with Crippen molar-refractivity contribution in [3.8, 4) is 5.69 Å². The summed E-state index contributed by atoms with van der Waals surface area (Å²) in [5.41, 5.74) is 1.55. The lowest BCUT2D eigenvalue weighted by molar-refractivity contribution is 0.102. The van der Waals surface area contributed by atoms with Gasteiger partial charge in [-0.25, -0.2) is 9.07 Å². The molecule has 0 unspecified atom stereocenters. The minimum Gasteiger partial charge on any atom is -0.322 e. The molecule has 4 nitrogen and oxygen atoms in total. The fourth-order valence-corrected chi connectivity index (χ4v) is 2.07. The Bertz CT molecular complexity index is 814. The van der Waals surface area contributed by atoms with Crippen LogP contribution in [0.2, 0.25) is 5.02 Å². The molecule has 0 aliphatic heterocycles. The van der Waals surface area contributed by atoms with E-state index in [-0.39, 0.29) is 5.91 Å². The zero-order valence-electron chi connectivity index (χ0n) is 11.3. The van der Waals surface area contributed by atoms with E-state index in [0.29, 0.717) is 16.3 Å². The summed E-state index contributed by atoms with van der Waals surface area (Å²) in [6.45, 7) is 0. The van der Waals surface area contributed by atoms with Crippen LogP contribution in [0.1, 0.15) is 10.4 Å². The molecule has 0 bridgehead atoms. The lowest BCUT2D eigenvalue weighted by atomic mass is 10.2. The molecule has 0 radical (unpaired) electrons. The monoisotopic (exact) mass is 315 g/mol. The van der Waals surface area contributed by atoms with Crippen LogP contribution in [-0.2, 0) is 0 Å². The zero-order valence-corrected chi connectivity index (χ0v) is 12.1. The third-order valence-corrected chi connectivity index (χ3v) is 3.27. The van der Waals surface area contributed by atoms with Crippen LogP contribution >= 0.6 is 11.6 Å². The second-order valence-electron chi connectivity index (χ2n) is 4.61. The molecule has 6 heteroatoms. The van der Waals surface area contributed by atoms with E-state index in [1.54, 1.807) is 41.2 Å². The van der Waals surface area contributed by atoms with Gasteiger partial charge in [0.05, 0.1) is 17.4 Å². The van der Waals surface area contributed by atoms with Gasteiger partial charge in [0.25, 0.3) is 5.91 Å². The van der Waals surface area contributed by atoms with Crippen molar-refractivity contribution in [2.45, 2.75) is 0 Å². The number of carbonyl (C=O) groups is 1. The van der Waals surface area contributed by atoms with Crippen molar-refractivity contribution in [3.05, 3.63) is 77.3 Å². The molecule has 2 aromatic carbocycles. The van der Waals surface area contributed by atoms with Crippen LogP contribution in [0.15, 0.2) is 60.9 Å². The summed E-state index contributed by atoms with van der Waals surface area (Å²) in [7, 11) is 0. The Morgan fingerprint density at radius 3 is 2.68 bits per heavy atom. The van der Waals surface area contributed by atoms with Gasteiger partial charge in [0.1, 0.15) is 5.82 Å². The normalized spacial score (nSPS) is 10.5. The molecule has 110 valence electrons. The van der Waals surface area contributed by atoms with Gasteiger partial charge >= 0.3 is 0 Å². The van der Waals surface area contributed by atoms with Crippen molar-refractivity contribution in [2.24, 2.45) is 0 Å². The molecule has 1 aromatic heterocycles. The second kappa shape index (κ2) is 5.99. The summed E-state index contributed by atoms with van der Waals surface area (Å²) >= 11 is 5.83. The molecular weight excluding hydrogens is 305 g/mol. The smallest absolute Gasteiger partial charge is 0.258 e. The van der Waals surface area contributed by atoms with E-state index in [2.05, 4.69) is 10.4 Å². The van der Waals surface area contributed by atoms with Gasteiger partial charge in [0.2, 0.25) is 0 Å². The first kappa shape index (κ1) is 14.3. The predicted octanol–water partition coefficient (Wildman–Crippen LogP) is 3.92. The summed E-state index contributed by atoms with van der Waals surface area (Å²) < 4.78 is 14.7. The van der Waals surface area contributed by atoms with E-state index in [0.717, 1.165) is 5.69 Å². The Labute approximate surface area is 131 Å². The minimum atomic E-state index is -0.408. The van der Waals surface area contributed by atoms with Crippen LogP contribution in [0.25, 0.3) is 5.69 Å². The van der Waals surface area contributed by atoms with E-state index in [1.807, 2.05) is 0 Å². The summed E-state index contributed by atoms with van der Waals surface area (Å²) in [4.78, 5) is 12.1. The highest BCUT2D eigenvalue weighted by Crippen LogP contribution is 2.15. The lowest BCUT2D eigenvalue weighted by Gasteiger charge is -2.03. The Kier molecular flexibility index (Phi) is 3.89. The maximum absolute atomic E-state index is 13.1. The largest absolute Gasteiger partial charge is 0.322 e. The van der Waals surface area contributed by atoms with Gasteiger partial charge in [-0.15, -0.1) is 0 Å². The first-order valence-electron chi connectivity index (χ1n) is 6.49. The Morgan fingerprint density at radius 2 is 1.95 bits per heavy atom. The number of anilines is 1. The van der Waals surface area contributed by atoms with Crippen molar-refractivity contribution < 1.29 is 9.18 Å². The second-order valence-corrected chi connectivity index (χ2v) is 5.05. The third-order valence-electron chi connectivity index (χ3n) is 3.02. The predicted molar refractivity (Wildman–Crippen MR) is 82.9 cm³/mol. The highest BCUT2D eigenvalue weighted by atomic mass is 35.5. The molecule has 0 aliphatic carbocycles. The van der Waals surface area contributed by atoms with Crippen LogP contribution < -0.4 is 5.32 Å². The molecule has 0 atom stereocenters. The quantitative estimate of drug-likeness (QED) is 0.796. The number of nitrogens with one attached hydrogen (secondary N) is 1. The summed E-state index contributed by atoms with van der Waals surface area (Å²) in [6, 6.07) is 12.8. The number of halogens is 2. The van der Waals surface area contributed by atoms with Gasteiger partial charge in [0, 0.05) is 16.9 Å². The average molecular weight is 316 g/mol. The van der Waals surface area contributed by atoms with Gasteiger partial charge in [-0.2, -0.15) is 5.10 Å². The highest BCUT2D eigenvalue weighted by molar-refractivity contribution is 6.30. The molecule has 0 saturated heterocycles. The number of nitrogens with zero attached hydrogens (tertiary/aromatic N) is 2. The van der Waals surface area contributed by atoms with Gasteiger partial charge in [-0.3, -0.25) is 4.79 Å². The Morgan fingerprint density at radius 1 is 1.18 bits per heavy atom. The number of carbonyl (C=O) groups excluding carboxylic acids is 1.